The van der Waals surface area contributed by atoms with Crippen LogP contribution in [0.1, 0.15) is 5.56 Å². The van der Waals surface area contributed by atoms with E-state index < -0.39 is 6.10 Å². The molecule has 3 aromatic rings. The first-order valence-electron chi connectivity index (χ1n) is 8.07. The number of nitrogens with zero attached hydrogens (tertiary/aromatic N) is 4. The smallest absolute Gasteiger partial charge is 0.205 e. The number of aromatic nitrogens is 4. The molecule has 3 rings (SSSR count). The highest BCUT2D eigenvalue weighted by Gasteiger charge is 2.11. The van der Waals surface area contributed by atoms with Crippen LogP contribution in [0.2, 0.25) is 5.02 Å². The van der Waals surface area contributed by atoms with Crippen molar-refractivity contribution in [3.8, 4) is 17.1 Å². The van der Waals surface area contributed by atoms with Crippen LogP contribution in [-0.2, 0) is 17.9 Å². The molecule has 7 nitrogen and oxygen atoms in total. The third kappa shape index (κ3) is 4.78. The Labute approximate surface area is 156 Å². The molecule has 1 aromatic heterocycles. The third-order valence-corrected chi connectivity index (χ3v) is 4.05. The average molecular weight is 375 g/mol. The van der Waals surface area contributed by atoms with Crippen LogP contribution < -0.4 is 4.74 Å². The lowest BCUT2D eigenvalue weighted by atomic mass is 10.2. The summed E-state index contributed by atoms with van der Waals surface area (Å²) >= 11 is 6.07. The standard InChI is InChI=1S/C18H19ClN4O3/c1-25-16-7-4-6-13(9-16)18-20-22-23(21-18)10-15(24)12-26-11-14-5-2-3-8-17(14)19/h2-9,15,24H,10-12H2,1H3/t15-/m1/s1. The van der Waals surface area contributed by atoms with E-state index >= 15 is 0 Å². The van der Waals surface area contributed by atoms with Gasteiger partial charge in [-0.15, -0.1) is 10.2 Å². The minimum Gasteiger partial charge on any atom is -0.497 e. The molecule has 0 aliphatic heterocycles. The van der Waals surface area contributed by atoms with Gasteiger partial charge in [-0.05, 0) is 29.0 Å². The molecule has 0 radical (unpaired) electrons. The number of tetrazole rings is 1. The number of hydrogen-bond donors (Lipinski definition) is 1. The number of rotatable bonds is 8. The van der Waals surface area contributed by atoms with Crippen LogP contribution >= 0.6 is 11.6 Å². The van der Waals surface area contributed by atoms with Crippen molar-refractivity contribution in [2.75, 3.05) is 13.7 Å². The van der Waals surface area contributed by atoms with E-state index in [0.29, 0.717) is 23.2 Å². The van der Waals surface area contributed by atoms with Gasteiger partial charge in [0.05, 0.1) is 33.0 Å². The largest absolute Gasteiger partial charge is 0.497 e. The Balaban J connectivity index is 1.52. The van der Waals surface area contributed by atoms with E-state index in [2.05, 4.69) is 15.4 Å². The quantitative estimate of drug-likeness (QED) is 0.652. The van der Waals surface area contributed by atoms with Crippen molar-refractivity contribution < 1.29 is 14.6 Å². The monoisotopic (exact) mass is 374 g/mol. The predicted molar refractivity (Wildman–Crippen MR) is 96.9 cm³/mol. The van der Waals surface area contributed by atoms with Crippen molar-refractivity contribution >= 4 is 11.6 Å². The Bertz CT molecular complexity index is 856. The lowest BCUT2D eigenvalue weighted by Gasteiger charge is -2.11. The van der Waals surface area contributed by atoms with Crippen molar-refractivity contribution in [2.45, 2.75) is 19.3 Å². The number of aliphatic hydroxyl groups excluding tert-OH is 1. The first kappa shape index (κ1) is 18.3. The van der Waals surface area contributed by atoms with Crippen molar-refractivity contribution in [2.24, 2.45) is 0 Å². The van der Waals surface area contributed by atoms with Gasteiger partial charge in [0, 0.05) is 10.6 Å². The van der Waals surface area contributed by atoms with E-state index in [-0.39, 0.29) is 13.2 Å². The molecule has 0 spiro atoms. The zero-order valence-corrected chi connectivity index (χ0v) is 15.0. The molecule has 2 aromatic carbocycles. The highest BCUT2D eigenvalue weighted by atomic mass is 35.5. The SMILES string of the molecule is COc1cccc(-c2nnn(C[C@@H](O)COCc3ccccc3Cl)n2)c1. The first-order valence-corrected chi connectivity index (χ1v) is 8.45. The number of benzene rings is 2. The second-order valence-corrected chi connectivity index (χ2v) is 6.07. The maximum atomic E-state index is 10.1. The molecule has 136 valence electrons. The number of methoxy groups -OCH3 is 1. The lowest BCUT2D eigenvalue weighted by molar-refractivity contribution is 0.0165. The summed E-state index contributed by atoms with van der Waals surface area (Å²) in [6, 6.07) is 14.8. The molecule has 26 heavy (non-hydrogen) atoms. The van der Waals surface area contributed by atoms with Crippen molar-refractivity contribution in [3.63, 3.8) is 0 Å². The van der Waals surface area contributed by atoms with E-state index in [4.69, 9.17) is 21.1 Å². The minimum atomic E-state index is -0.759. The normalized spacial score (nSPS) is 12.1. The molecule has 0 bridgehead atoms. The van der Waals surface area contributed by atoms with Gasteiger partial charge in [-0.25, -0.2) is 0 Å². The summed E-state index contributed by atoms with van der Waals surface area (Å²) in [6.07, 6.45) is -0.759. The minimum absolute atomic E-state index is 0.140. The molecular weight excluding hydrogens is 356 g/mol. The number of hydrogen-bond acceptors (Lipinski definition) is 6. The fraction of sp³-hybridized carbons (Fsp3) is 0.278. The van der Waals surface area contributed by atoms with Crippen molar-refractivity contribution in [1.82, 2.24) is 20.2 Å². The molecule has 0 aliphatic carbocycles. The highest BCUT2D eigenvalue weighted by molar-refractivity contribution is 6.31. The van der Waals surface area contributed by atoms with Crippen LogP contribution in [0.5, 0.6) is 5.75 Å². The summed E-state index contributed by atoms with van der Waals surface area (Å²) in [4.78, 5) is 1.35. The second kappa shape index (κ2) is 8.75. The van der Waals surface area contributed by atoms with Gasteiger partial charge in [-0.1, -0.05) is 41.9 Å². The summed E-state index contributed by atoms with van der Waals surface area (Å²) in [5, 5.41) is 23.0. The first-order chi connectivity index (χ1) is 12.7. The van der Waals surface area contributed by atoms with E-state index in [1.54, 1.807) is 13.2 Å². The van der Waals surface area contributed by atoms with Crippen molar-refractivity contribution in [1.29, 1.82) is 0 Å². The topological polar surface area (TPSA) is 82.3 Å². The molecular formula is C18H19ClN4O3. The summed E-state index contributed by atoms with van der Waals surface area (Å²) in [6.45, 7) is 0.650. The number of aliphatic hydroxyl groups is 1. The number of ether oxygens (including phenoxy) is 2. The summed E-state index contributed by atoms with van der Waals surface area (Å²) in [5.74, 6) is 1.18. The van der Waals surface area contributed by atoms with E-state index in [1.165, 1.54) is 4.80 Å². The fourth-order valence-electron chi connectivity index (χ4n) is 2.36. The molecule has 0 saturated heterocycles. The Morgan fingerprint density at radius 3 is 2.85 bits per heavy atom. The zero-order valence-electron chi connectivity index (χ0n) is 14.2. The van der Waals surface area contributed by atoms with Crippen LogP contribution in [0.3, 0.4) is 0 Å². The van der Waals surface area contributed by atoms with Crippen molar-refractivity contribution in [3.05, 3.63) is 59.1 Å². The molecule has 8 heteroatoms. The summed E-state index contributed by atoms with van der Waals surface area (Å²) < 4.78 is 10.7. The maximum Gasteiger partial charge on any atom is 0.205 e. The molecule has 0 saturated carbocycles. The molecule has 0 aliphatic rings. The molecule has 1 heterocycles. The van der Waals surface area contributed by atoms with Gasteiger partial charge in [0.25, 0.3) is 0 Å². The molecule has 0 unspecified atom stereocenters. The fourth-order valence-corrected chi connectivity index (χ4v) is 2.55. The van der Waals surface area contributed by atoms with Gasteiger partial charge in [0.15, 0.2) is 0 Å². The Hall–Kier alpha value is -2.48. The summed E-state index contributed by atoms with van der Waals surface area (Å²) in [5.41, 5.74) is 1.67. The van der Waals surface area contributed by atoms with Crippen LogP contribution in [0.4, 0.5) is 0 Å². The Morgan fingerprint density at radius 1 is 1.19 bits per heavy atom. The zero-order chi connectivity index (χ0) is 18.4. The van der Waals surface area contributed by atoms with Crippen LogP contribution in [0, 0.1) is 0 Å². The van der Waals surface area contributed by atoms with Gasteiger partial charge in [0.2, 0.25) is 5.82 Å². The molecule has 1 N–H and O–H groups in total. The predicted octanol–water partition coefficient (Wildman–Crippen LogP) is 2.58. The summed E-state index contributed by atoms with van der Waals surface area (Å²) in [7, 11) is 1.60. The van der Waals surface area contributed by atoms with E-state index in [1.807, 2.05) is 42.5 Å². The third-order valence-electron chi connectivity index (χ3n) is 3.68. The molecule has 0 amide bonds. The Kier molecular flexibility index (Phi) is 6.17. The van der Waals surface area contributed by atoms with Gasteiger partial charge in [-0.2, -0.15) is 4.80 Å². The van der Waals surface area contributed by atoms with Crippen LogP contribution in [-0.4, -0.2) is 45.1 Å². The van der Waals surface area contributed by atoms with E-state index in [9.17, 15) is 5.11 Å². The number of halogens is 1. The van der Waals surface area contributed by atoms with Gasteiger partial charge in [0.1, 0.15) is 5.75 Å². The highest BCUT2D eigenvalue weighted by Crippen LogP contribution is 2.20. The van der Waals surface area contributed by atoms with Crippen LogP contribution in [0.15, 0.2) is 48.5 Å². The lowest BCUT2D eigenvalue weighted by Crippen LogP contribution is -2.23. The average Bonchev–Trinajstić information content (AvgIpc) is 3.12. The second-order valence-electron chi connectivity index (χ2n) is 5.66. The van der Waals surface area contributed by atoms with E-state index in [0.717, 1.165) is 11.1 Å². The van der Waals surface area contributed by atoms with Crippen LogP contribution in [0.25, 0.3) is 11.4 Å². The molecule has 1 atom stereocenters. The van der Waals surface area contributed by atoms with Gasteiger partial charge < -0.3 is 14.6 Å². The maximum absolute atomic E-state index is 10.1. The van der Waals surface area contributed by atoms with Gasteiger partial charge >= 0.3 is 0 Å². The molecule has 0 fully saturated rings. The Morgan fingerprint density at radius 2 is 2.04 bits per heavy atom. The van der Waals surface area contributed by atoms with Gasteiger partial charge in [-0.3, -0.25) is 0 Å².